The topological polar surface area (TPSA) is 0 Å². The molecule has 0 saturated heterocycles. The molecule has 0 heterocycles. The number of benzene rings is 1. The van der Waals surface area contributed by atoms with Crippen molar-refractivity contribution in [2.45, 2.75) is 12.1 Å². The molecule has 1 aromatic rings. The first kappa shape index (κ1) is 12.1. The Morgan fingerprint density at radius 3 is 2.40 bits per heavy atom. The minimum atomic E-state index is -4.44. The van der Waals surface area contributed by atoms with E-state index in [4.69, 9.17) is 11.6 Å². The van der Waals surface area contributed by atoms with Gasteiger partial charge in [0.1, 0.15) is 0 Å². The molecule has 4 heteroatoms. The summed E-state index contributed by atoms with van der Waals surface area (Å²) in [7, 11) is 0. The minimum absolute atomic E-state index is 0.303. The van der Waals surface area contributed by atoms with Gasteiger partial charge >= 0.3 is 6.18 Å². The van der Waals surface area contributed by atoms with E-state index in [1.165, 1.54) is 18.2 Å². The van der Waals surface area contributed by atoms with Crippen LogP contribution < -0.4 is 0 Å². The van der Waals surface area contributed by atoms with Crippen molar-refractivity contribution < 1.29 is 13.2 Å². The highest BCUT2D eigenvalue weighted by Crippen LogP contribution is 2.36. The average molecular weight is 234 g/mol. The van der Waals surface area contributed by atoms with Crippen LogP contribution in [0.2, 0.25) is 5.02 Å². The zero-order chi connectivity index (χ0) is 11.6. The summed E-state index contributed by atoms with van der Waals surface area (Å²) >= 11 is 5.46. The summed E-state index contributed by atoms with van der Waals surface area (Å²) in [6.07, 6.45) is -2.96. The number of hydrogen-bond donors (Lipinski definition) is 0. The van der Waals surface area contributed by atoms with Crippen LogP contribution in [-0.2, 0) is 6.18 Å². The maximum absolute atomic E-state index is 12.5. The maximum atomic E-state index is 12.5. The normalized spacial score (nSPS) is 13.7. The molecule has 1 atom stereocenters. The Morgan fingerprint density at radius 1 is 1.33 bits per heavy atom. The second-order valence-electron chi connectivity index (χ2n) is 3.08. The minimum Gasteiger partial charge on any atom is -0.166 e. The molecule has 1 radical (unpaired) electrons. The van der Waals surface area contributed by atoms with Crippen LogP contribution in [0, 0.1) is 6.92 Å². The van der Waals surface area contributed by atoms with Gasteiger partial charge in [-0.15, -0.1) is 6.58 Å². The summed E-state index contributed by atoms with van der Waals surface area (Å²) in [5.41, 5.74) is -0.390. The van der Waals surface area contributed by atoms with Gasteiger partial charge in [0.2, 0.25) is 0 Å². The summed E-state index contributed by atoms with van der Waals surface area (Å²) in [6, 6.07) is 3.74. The fraction of sp³-hybridized carbons (Fsp3) is 0.182. The molecule has 15 heavy (non-hydrogen) atoms. The Morgan fingerprint density at radius 2 is 1.93 bits per heavy atom. The smallest absolute Gasteiger partial charge is 0.166 e. The van der Waals surface area contributed by atoms with Crippen molar-refractivity contribution in [3.05, 3.63) is 53.9 Å². The van der Waals surface area contributed by atoms with Crippen LogP contribution in [0.3, 0.4) is 0 Å². The molecule has 0 aliphatic carbocycles. The Kier molecular flexibility index (Phi) is 3.45. The monoisotopic (exact) mass is 233 g/mol. The number of hydrogen-bond acceptors (Lipinski definition) is 0. The van der Waals surface area contributed by atoms with E-state index in [-0.39, 0.29) is 10.9 Å². The predicted molar refractivity (Wildman–Crippen MR) is 54.7 cm³/mol. The average Bonchev–Trinajstić information content (AvgIpc) is 2.15. The van der Waals surface area contributed by atoms with Crippen LogP contribution in [0.5, 0.6) is 0 Å². The number of halogens is 4. The lowest BCUT2D eigenvalue weighted by Gasteiger charge is -2.12. The Balaban J connectivity index is 3.22. The number of allylic oxidation sites excluding steroid dienone is 1. The molecular formula is C11H9ClF3. The van der Waals surface area contributed by atoms with Crippen LogP contribution in [0.15, 0.2) is 30.9 Å². The molecule has 0 N–H and O–H groups in total. The summed E-state index contributed by atoms with van der Waals surface area (Å²) in [5, 5.41) is -0.303. The second kappa shape index (κ2) is 4.27. The second-order valence-corrected chi connectivity index (χ2v) is 3.49. The standard InChI is InChI=1S/C11H9ClF3/c1-3-7(2)8-4-5-10(12)9(6-8)11(13,14)15/h3-7H,1-2H2. The van der Waals surface area contributed by atoms with Gasteiger partial charge in [-0.3, -0.25) is 0 Å². The third-order valence-electron chi connectivity index (χ3n) is 2.01. The van der Waals surface area contributed by atoms with Crippen molar-refractivity contribution in [2.24, 2.45) is 0 Å². The molecule has 1 aromatic carbocycles. The van der Waals surface area contributed by atoms with Crippen molar-refractivity contribution in [1.82, 2.24) is 0 Å². The third kappa shape index (κ3) is 2.75. The summed E-state index contributed by atoms with van der Waals surface area (Å²) in [5.74, 6) is -0.372. The summed E-state index contributed by atoms with van der Waals surface area (Å²) in [6.45, 7) is 7.13. The van der Waals surface area contributed by atoms with Gasteiger partial charge in [-0.25, -0.2) is 0 Å². The maximum Gasteiger partial charge on any atom is 0.417 e. The molecule has 1 rings (SSSR count). The van der Waals surface area contributed by atoms with Crippen LogP contribution in [0.4, 0.5) is 13.2 Å². The van der Waals surface area contributed by atoms with Crippen LogP contribution >= 0.6 is 11.6 Å². The van der Waals surface area contributed by atoms with Gasteiger partial charge < -0.3 is 0 Å². The molecule has 1 unspecified atom stereocenters. The van der Waals surface area contributed by atoms with Crippen molar-refractivity contribution >= 4 is 11.6 Å². The van der Waals surface area contributed by atoms with Gasteiger partial charge in [-0.1, -0.05) is 23.7 Å². The van der Waals surface area contributed by atoms with E-state index < -0.39 is 11.7 Å². The summed E-state index contributed by atoms with van der Waals surface area (Å²) < 4.78 is 37.4. The molecule has 81 valence electrons. The molecule has 0 fully saturated rings. The fourth-order valence-corrected chi connectivity index (χ4v) is 1.35. The highest BCUT2D eigenvalue weighted by atomic mass is 35.5. The van der Waals surface area contributed by atoms with Crippen molar-refractivity contribution in [1.29, 1.82) is 0 Å². The van der Waals surface area contributed by atoms with E-state index in [1.807, 2.05) is 0 Å². The van der Waals surface area contributed by atoms with Gasteiger partial charge in [0.15, 0.2) is 0 Å². The molecule has 0 aliphatic rings. The molecule has 0 spiro atoms. The molecule has 0 amide bonds. The zero-order valence-electron chi connectivity index (χ0n) is 7.81. The van der Waals surface area contributed by atoms with Crippen molar-refractivity contribution in [3.8, 4) is 0 Å². The van der Waals surface area contributed by atoms with E-state index in [9.17, 15) is 13.2 Å². The third-order valence-corrected chi connectivity index (χ3v) is 2.34. The van der Waals surface area contributed by atoms with E-state index in [2.05, 4.69) is 13.5 Å². The molecule has 0 bridgehead atoms. The molecule has 0 aromatic heterocycles. The van der Waals surface area contributed by atoms with Crippen LogP contribution in [0.25, 0.3) is 0 Å². The lowest BCUT2D eigenvalue weighted by Crippen LogP contribution is -2.07. The zero-order valence-corrected chi connectivity index (χ0v) is 8.57. The Hall–Kier alpha value is -0.960. The van der Waals surface area contributed by atoms with Gasteiger partial charge in [0.25, 0.3) is 0 Å². The van der Waals surface area contributed by atoms with Gasteiger partial charge in [-0.2, -0.15) is 13.2 Å². The van der Waals surface area contributed by atoms with Crippen molar-refractivity contribution in [3.63, 3.8) is 0 Å². The lowest BCUT2D eigenvalue weighted by atomic mass is 9.99. The Bertz CT molecular complexity index is 369. The molecule has 0 aliphatic heterocycles. The largest absolute Gasteiger partial charge is 0.417 e. The highest BCUT2D eigenvalue weighted by Gasteiger charge is 2.33. The molecule has 0 nitrogen and oxygen atoms in total. The van der Waals surface area contributed by atoms with E-state index in [0.717, 1.165) is 6.07 Å². The van der Waals surface area contributed by atoms with Gasteiger partial charge in [-0.05, 0) is 24.6 Å². The molecule has 0 saturated carbocycles. The van der Waals surface area contributed by atoms with E-state index in [0.29, 0.717) is 5.56 Å². The first-order valence-electron chi connectivity index (χ1n) is 4.18. The van der Waals surface area contributed by atoms with Crippen LogP contribution in [0.1, 0.15) is 17.0 Å². The number of alkyl halides is 3. The first-order valence-corrected chi connectivity index (χ1v) is 4.56. The lowest BCUT2D eigenvalue weighted by molar-refractivity contribution is -0.137. The van der Waals surface area contributed by atoms with E-state index >= 15 is 0 Å². The predicted octanol–water partition coefficient (Wildman–Crippen LogP) is 4.46. The first-order chi connectivity index (χ1) is 6.86. The van der Waals surface area contributed by atoms with Crippen molar-refractivity contribution in [2.75, 3.05) is 0 Å². The van der Waals surface area contributed by atoms with Gasteiger partial charge in [0, 0.05) is 5.92 Å². The van der Waals surface area contributed by atoms with E-state index in [1.54, 1.807) is 0 Å². The van der Waals surface area contributed by atoms with Gasteiger partial charge in [0.05, 0.1) is 10.6 Å². The fourth-order valence-electron chi connectivity index (χ4n) is 1.13. The SMILES string of the molecule is [CH2]C(C=C)c1ccc(Cl)c(C(F)(F)F)c1. The highest BCUT2D eigenvalue weighted by molar-refractivity contribution is 6.31. The molecular weight excluding hydrogens is 225 g/mol. The Labute approximate surface area is 91.4 Å². The quantitative estimate of drug-likeness (QED) is 0.662. The van der Waals surface area contributed by atoms with Crippen LogP contribution in [-0.4, -0.2) is 0 Å². The number of rotatable bonds is 2. The summed E-state index contributed by atoms with van der Waals surface area (Å²) in [4.78, 5) is 0.